The molecule has 0 aliphatic carbocycles. The van der Waals surface area contributed by atoms with Crippen LogP contribution in [-0.2, 0) is 11.3 Å². The van der Waals surface area contributed by atoms with Crippen molar-refractivity contribution in [3.63, 3.8) is 0 Å². The summed E-state index contributed by atoms with van der Waals surface area (Å²) < 4.78 is 6.36. The molecule has 0 atom stereocenters. The van der Waals surface area contributed by atoms with Crippen LogP contribution in [0.4, 0.5) is 5.82 Å². The normalized spacial score (nSPS) is 11.2. The van der Waals surface area contributed by atoms with E-state index in [0.29, 0.717) is 27.8 Å². The average Bonchev–Trinajstić information content (AvgIpc) is 2.95. The number of benzene rings is 1. The molecule has 0 aliphatic rings. The molecular formula is C16H12BrClN4O2. The van der Waals surface area contributed by atoms with Crippen LogP contribution in [0.2, 0.25) is 5.02 Å². The SMILES string of the molecule is Nc1ccc(C=CC(=O)NCc2nc3cc(Br)cc(Cl)c3o2)cn1. The molecule has 2 aromatic heterocycles. The van der Waals surface area contributed by atoms with Crippen LogP contribution in [0.25, 0.3) is 17.2 Å². The van der Waals surface area contributed by atoms with Gasteiger partial charge in [0.1, 0.15) is 11.3 Å². The van der Waals surface area contributed by atoms with Crippen molar-refractivity contribution in [3.8, 4) is 0 Å². The third-order valence-electron chi connectivity index (χ3n) is 3.10. The first-order valence-corrected chi connectivity index (χ1v) is 8.10. The second kappa shape index (κ2) is 7.02. The van der Waals surface area contributed by atoms with Crippen LogP contribution in [0.3, 0.4) is 0 Å². The lowest BCUT2D eigenvalue weighted by atomic mass is 10.2. The van der Waals surface area contributed by atoms with Crippen molar-refractivity contribution in [1.29, 1.82) is 0 Å². The van der Waals surface area contributed by atoms with E-state index in [-0.39, 0.29) is 12.5 Å². The number of nitrogens with two attached hydrogens (primary N) is 1. The number of carbonyl (C=O) groups is 1. The molecule has 24 heavy (non-hydrogen) atoms. The highest BCUT2D eigenvalue weighted by atomic mass is 79.9. The number of pyridine rings is 1. The van der Waals surface area contributed by atoms with Crippen molar-refractivity contribution >= 4 is 56.4 Å². The maximum atomic E-state index is 11.8. The highest BCUT2D eigenvalue weighted by Gasteiger charge is 2.10. The zero-order chi connectivity index (χ0) is 17.1. The van der Waals surface area contributed by atoms with Gasteiger partial charge in [0.25, 0.3) is 0 Å². The van der Waals surface area contributed by atoms with Crippen LogP contribution < -0.4 is 11.1 Å². The number of fused-ring (bicyclic) bond motifs is 1. The van der Waals surface area contributed by atoms with Gasteiger partial charge in [-0.3, -0.25) is 4.79 Å². The van der Waals surface area contributed by atoms with Gasteiger partial charge >= 0.3 is 0 Å². The predicted octanol–water partition coefficient (Wildman–Crippen LogP) is 3.55. The van der Waals surface area contributed by atoms with Gasteiger partial charge in [-0.2, -0.15) is 0 Å². The monoisotopic (exact) mass is 406 g/mol. The van der Waals surface area contributed by atoms with Crippen molar-refractivity contribution in [2.75, 3.05) is 5.73 Å². The van der Waals surface area contributed by atoms with Gasteiger partial charge in [-0.15, -0.1) is 0 Å². The Kier molecular flexibility index (Phi) is 4.82. The second-order valence-electron chi connectivity index (χ2n) is 4.91. The van der Waals surface area contributed by atoms with E-state index >= 15 is 0 Å². The van der Waals surface area contributed by atoms with Crippen molar-refractivity contribution in [2.24, 2.45) is 0 Å². The molecule has 0 bridgehead atoms. The number of amides is 1. The number of oxazole rings is 1. The molecular weight excluding hydrogens is 396 g/mol. The Bertz CT molecular complexity index is 922. The summed E-state index contributed by atoms with van der Waals surface area (Å²) in [4.78, 5) is 20.1. The second-order valence-corrected chi connectivity index (χ2v) is 6.23. The van der Waals surface area contributed by atoms with Crippen LogP contribution in [0.1, 0.15) is 11.5 Å². The Morgan fingerprint density at radius 1 is 1.42 bits per heavy atom. The zero-order valence-corrected chi connectivity index (χ0v) is 14.6. The first kappa shape index (κ1) is 16.5. The Morgan fingerprint density at radius 3 is 3.00 bits per heavy atom. The van der Waals surface area contributed by atoms with E-state index in [4.69, 9.17) is 21.8 Å². The summed E-state index contributed by atoms with van der Waals surface area (Å²) in [5.74, 6) is 0.528. The first-order valence-electron chi connectivity index (χ1n) is 6.93. The third-order valence-corrected chi connectivity index (χ3v) is 3.84. The van der Waals surface area contributed by atoms with Crippen LogP contribution >= 0.6 is 27.5 Å². The molecule has 6 nitrogen and oxygen atoms in total. The minimum atomic E-state index is -0.277. The van der Waals surface area contributed by atoms with E-state index in [9.17, 15) is 4.79 Å². The summed E-state index contributed by atoms with van der Waals surface area (Å²) in [6.45, 7) is 0.159. The first-order chi connectivity index (χ1) is 11.5. The molecule has 3 rings (SSSR count). The molecule has 122 valence electrons. The van der Waals surface area contributed by atoms with E-state index in [1.54, 1.807) is 36.5 Å². The van der Waals surface area contributed by atoms with Crippen LogP contribution in [0.15, 0.2) is 45.4 Å². The van der Waals surface area contributed by atoms with Gasteiger partial charge in [-0.25, -0.2) is 9.97 Å². The summed E-state index contributed by atoms with van der Waals surface area (Å²) >= 11 is 9.43. The molecule has 0 saturated heterocycles. The number of rotatable bonds is 4. The van der Waals surface area contributed by atoms with E-state index in [1.807, 2.05) is 0 Å². The van der Waals surface area contributed by atoms with Gasteiger partial charge in [0.05, 0.1) is 11.6 Å². The van der Waals surface area contributed by atoms with E-state index in [0.717, 1.165) is 10.0 Å². The maximum Gasteiger partial charge on any atom is 0.244 e. The van der Waals surface area contributed by atoms with Gasteiger partial charge in [-0.05, 0) is 35.9 Å². The molecule has 3 N–H and O–H groups in total. The van der Waals surface area contributed by atoms with Crippen LogP contribution in [0.5, 0.6) is 0 Å². The number of hydrogen-bond acceptors (Lipinski definition) is 5. The van der Waals surface area contributed by atoms with Crippen LogP contribution in [0, 0.1) is 0 Å². The summed E-state index contributed by atoms with van der Waals surface area (Å²) in [6, 6.07) is 6.95. The lowest BCUT2D eigenvalue weighted by Gasteiger charge is -1.98. The smallest absolute Gasteiger partial charge is 0.244 e. The fraction of sp³-hybridized carbons (Fsp3) is 0.0625. The Labute approximate surface area is 150 Å². The fourth-order valence-electron chi connectivity index (χ4n) is 1.99. The number of halogens is 2. The predicted molar refractivity (Wildman–Crippen MR) is 96.2 cm³/mol. The minimum Gasteiger partial charge on any atom is -0.437 e. The van der Waals surface area contributed by atoms with Gasteiger partial charge in [0, 0.05) is 16.7 Å². The van der Waals surface area contributed by atoms with Gasteiger partial charge in [0.2, 0.25) is 11.8 Å². The maximum absolute atomic E-state index is 11.8. The summed E-state index contributed by atoms with van der Waals surface area (Å²) in [7, 11) is 0. The molecule has 2 heterocycles. The summed E-state index contributed by atoms with van der Waals surface area (Å²) in [5, 5.41) is 3.15. The number of carbonyl (C=O) groups excluding carboxylic acids is 1. The molecule has 3 aromatic rings. The number of nitrogens with zero attached hydrogens (tertiary/aromatic N) is 2. The highest BCUT2D eigenvalue weighted by molar-refractivity contribution is 9.10. The van der Waals surface area contributed by atoms with E-state index < -0.39 is 0 Å². The van der Waals surface area contributed by atoms with Gasteiger partial charge < -0.3 is 15.5 Å². The molecule has 0 unspecified atom stereocenters. The number of nitrogens with one attached hydrogen (secondary N) is 1. The quantitative estimate of drug-likeness (QED) is 0.645. The van der Waals surface area contributed by atoms with Crippen molar-refractivity contribution in [1.82, 2.24) is 15.3 Å². The number of aromatic nitrogens is 2. The lowest BCUT2D eigenvalue weighted by molar-refractivity contribution is -0.116. The van der Waals surface area contributed by atoms with Crippen molar-refractivity contribution in [2.45, 2.75) is 6.54 Å². The largest absolute Gasteiger partial charge is 0.437 e. The van der Waals surface area contributed by atoms with Gasteiger partial charge in [0.15, 0.2) is 5.58 Å². The standard InChI is InChI=1S/C16H12BrClN4O2/c17-10-5-11(18)16-12(6-10)22-15(24-16)8-21-14(23)4-2-9-1-3-13(19)20-7-9/h1-7H,8H2,(H2,19,20)(H,21,23). The zero-order valence-electron chi connectivity index (χ0n) is 12.3. The lowest BCUT2D eigenvalue weighted by Crippen LogP contribution is -2.20. The third kappa shape index (κ3) is 3.93. The molecule has 0 radical (unpaired) electrons. The molecule has 1 aromatic carbocycles. The Balaban J connectivity index is 1.64. The number of hydrogen-bond donors (Lipinski definition) is 2. The summed E-state index contributed by atoms with van der Waals surface area (Å²) in [5.41, 5.74) is 7.40. The number of nitrogen functional groups attached to an aromatic ring is 1. The van der Waals surface area contributed by atoms with E-state index in [2.05, 4.69) is 31.2 Å². The molecule has 0 fully saturated rings. The van der Waals surface area contributed by atoms with Gasteiger partial charge in [-0.1, -0.05) is 27.5 Å². The fourth-order valence-corrected chi connectivity index (χ4v) is 2.82. The van der Waals surface area contributed by atoms with Crippen molar-refractivity contribution in [3.05, 3.63) is 57.5 Å². The van der Waals surface area contributed by atoms with E-state index in [1.165, 1.54) is 6.08 Å². The topological polar surface area (TPSA) is 94.0 Å². The van der Waals surface area contributed by atoms with Crippen LogP contribution in [-0.4, -0.2) is 15.9 Å². The number of anilines is 1. The Morgan fingerprint density at radius 2 is 2.25 bits per heavy atom. The molecule has 8 heteroatoms. The molecule has 0 aliphatic heterocycles. The van der Waals surface area contributed by atoms with Crippen molar-refractivity contribution < 1.29 is 9.21 Å². The molecule has 0 spiro atoms. The molecule has 0 saturated carbocycles. The highest BCUT2D eigenvalue weighted by Crippen LogP contribution is 2.28. The average molecular weight is 408 g/mol. The minimum absolute atomic E-state index is 0.159. The molecule has 1 amide bonds. The Hall–Kier alpha value is -2.38. The summed E-state index contributed by atoms with van der Waals surface area (Å²) in [6.07, 6.45) is 4.63.